The second kappa shape index (κ2) is 7.67. The number of nitrogens with zero attached hydrogens (tertiary/aromatic N) is 3. The van der Waals surface area contributed by atoms with E-state index in [4.69, 9.17) is 9.47 Å². The lowest BCUT2D eigenvalue weighted by Crippen LogP contribution is -2.23. The second-order valence-corrected chi connectivity index (χ2v) is 5.02. The van der Waals surface area contributed by atoms with Gasteiger partial charge in [0.2, 0.25) is 0 Å². The van der Waals surface area contributed by atoms with E-state index in [0.29, 0.717) is 5.75 Å². The zero-order chi connectivity index (χ0) is 16.8. The Kier molecular flexibility index (Phi) is 5.62. The zero-order valence-corrected chi connectivity index (χ0v) is 14.4. The third kappa shape index (κ3) is 4.03. The highest BCUT2D eigenvalue weighted by molar-refractivity contribution is 5.67. The van der Waals surface area contributed by atoms with Gasteiger partial charge in [0, 0.05) is 25.2 Å². The summed E-state index contributed by atoms with van der Waals surface area (Å²) in [4.78, 5) is 11.2. The Morgan fingerprint density at radius 2 is 1.78 bits per heavy atom. The predicted molar refractivity (Wildman–Crippen MR) is 93.2 cm³/mol. The number of anilines is 3. The zero-order valence-electron chi connectivity index (χ0n) is 14.4. The van der Waals surface area contributed by atoms with Crippen LogP contribution in [0.5, 0.6) is 11.5 Å². The second-order valence-electron chi connectivity index (χ2n) is 5.02. The Morgan fingerprint density at radius 1 is 1.04 bits per heavy atom. The van der Waals surface area contributed by atoms with Gasteiger partial charge in [0.25, 0.3) is 0 Å². The molecule has 0 aliphatic heterocycles. The molecule has 0 atom stereocenters. The first-order valence-corrected chi connectivity index (χ1v) is 7.70. The SMILES string of the molecule is CCN(CC)c1cc(Nc2ccc(OC)cc2OC)nc(C)n1. The number of nitrogens with one attached hydrogen (secondary N) is 1. The third-order valence-electron chi connectivity index (χ3n) is 3.58. The molecular formula is C17H24N4O2. The fraction of sp³-hybridized carbons (Fsp3) is 0.412. The number of benzene rings is 1. The molecule has 1 N–H and O–H groups in total. The lowest BCUT2D eigenvalue weighted by atomic mass is 10.2. The molecule has 0 spiro atoms. The van der Waals surface area contributed by atoms with Gasteiger partial charge in [0.15, 0.2) is 0 Å². The van der Waals surface area contributed by atoms with E-state index in [-0.39, 0.29) is 0 Å². The maximum absolute atomic E-state index is 5.41. The van der Waals surface area contributed by atoms with Crippen LogP contribution in [0.3, 0.4) is 0 Å². The molecule has 0 unspecified atom stereocenters. The van der Waals surface area contributed by atoms with Crippen LogP contribution in [0.1, 0.15) is 19.7 Å². The summed E-state index contributed by atoms with van der Waals surface area (Å²) in [5.74, 6) is 3.82. The van der Waals surface area contributed by atoms with Gasteiger partial charge < -0.3 is 19.7 Å². The van der Waals surface area contributed by atoms with Gasteiger partial charge in [-0.15, -0.1) is 0 Å². The minimum atomic E-state index is 0.699. The van der Waals surface area contributed by atoms with Crippen molar-refractivity contribution in [2.45, 2.75) is 20.8 Å². The summed E-state index contributed by atoms with van der Waals surface area (Å²) in [5.41, 5.74) is 0.830. The maximum Gasteiger partial charge on any atom is 0.146 e. The lowest BCUT2D eigenvalue weighted by molar-refractivity contribution is 0.395. The molecule has 0 fully saturated rings. The van der Waals surface area contributed by atoms with Gasteiger partial charge in [-0.2, -0.15) is 0 Å². The Morgan fingerprint density at radius 3 is 2.39 bits per heavy atom. The quantitative estimate of drug-likeness (QED) is 0.845. The van der Waals surface area contributed by atoms with Gasteiger partial charge in [-0.25, -0.2) is 9.97 Å². The van der Waals surface area contributed by atoms with Crippen molar-refractivity contribution < 1.29 is 9.47 Å². The molecule has 0 amide bonds. The van der Waals surface area contributed by atoms with Crippen molar-refractivity contribution >= 4 is 17.3 Å². The van der Waals surface area contributed by atoms with E-state index in [2.05, 4.69) is 34.0 Å². The molecule has 1 aromatic heterocycles. The Bertz CT molecular complexity index is 657. The lowest BCUT2D eigenvalue weighted by Gasteiger charge is -2.21. The van der Waals surface area contributed by atoms with E-state index in [0.717, 1.165) is 42.0 Å². The highest BCUT2D eigenvalue weighted by atomic mass is 16.5. The van der Waals surface area contributed by atoms with Gasteiger partial charge in [-0.05, 0) is 32.9 Å². The summed E-state index contributed by atoms with van der Waals surface area (Å²) in [7, 11) is 3.26. The van der Waals surface area contributed by atoms with Gasteiger partial charge >= 0.3 is 0 Å². The predicted octanol–water partition coefficient (Wildman–Crippen LogP) is 3.39. The standard InChI is InChI=1S/C17H24N4O2/c1-6-21(7-2)17-11-16(18-12(3)19-17)20-14-9-8-13(22-4)10-15(14)23-5/h8-11H,6-7H2,1-5H3,(H,18,19,20). The first-order chi connectivity index (χ1) is 11.1. The van der Waals surface area contributed by atoms with Crippen molar-refractivity contribution in [3.8, 4) is 11.5 Å². The number of methoxy groups -OCH3 is 2. The van der Waals surface area contributed by atoms with Crippen molar-refractivity contribution in [2.75, 3.05) is 37.5 Å². The number of hydrogen-bond acceptors (Lipinski definition) is 6. The molecule has 6 heteroatoms. The van der Waals surface area contributed by atoms with Crippen LogP contribution < -0.4 is 19.7 Å². The van der Waals surface area contributed by atoms with E-state index >= 15 is 0 Å². The molecule has 0 saturated heterocycles. The summed E-state index contributed by atoms with van der Waals surface area (Å²) in [6.07, 6.45) is 0. The van der Waals surface area contributed by atoms with E-state index in [1.807, 2.05) is 31.2 Å². The van der Waals surface area contributed by atoms with Crippen LogP contribution in [0.25, 0.3) is 0 Å². The van der Waals surface area contributed by atoms with E-state index in [1.165, 1.54) is 0 Å². The fourth-order valence-corrected chi connectivity index (χ4v) is 2.37. The average Bonchev–Trinajstić information content (AvgIpc) is 2.56. The molecule has 1 heterocycles. The van der Waals surface area contributed by atoms with Crippen LogP contribution in [0.4, 0.5) is 17.3 Å². The fourth-order valence-electron chi connectivity index (χ4n) is 2.37. The molecule has 0 bridgehead atoms. The van der Waals surface area contributed by atoms with E-state index in [9.17, 15) is 0 Å². The van der Waals surface area contributed by atoms with Crippen molar-refractivity contribution in [3.63, 3.8) is 0 Å². The summed E-state index contributed by atoms with van der Waals surface area (Å²) < 4.78 is 10.6. The van der Waals surface area contributed by atoms with Crippen LogP contribution >= 0.6 is 0 Å². The smallest absolute Gasteiger partial charge is 0.146 e. The number of hydrogen-bond donors (Lipinski definition) is 1. The minimum absolute atomic E-state index is 0.699. The van der Waals surface area contributed by atoms with E-state index < -0.39 is 0 Å². The minimum Gasteiger partial charge on any atom is -0.497 e. The molecule has 0 radical (unpaired) electrons. The highest BCUT2D eigenvalue weighted by Crippen LogP contribution is 2.31. The summed E-state index contributed by atoms with van der Waals surface area (Å²) in [6, 6.07) is 7.57. The molecule has 1 aromatic carbocycles. The van der Waals surface area contributed by atoms with Gasteiger partial charge in [-0.3, -0.25) is 0 Å². The molecule has 2 rings (SSSR count). The van der Waals surface area contributed by atoms with E-state index in [1.54, 1.807) is 14.2 Å². The van der Waals surface area contributed by atoms with Crippen LogP contribution in [-0.2, 0) is 0 Å². The molecular weight excluding hydrogens is 292 g/mol. The van der Waals surface area contributed by atoms with Gasteiger partial charge in [0.05, 0.1) is 19.9 Å². The summed E-state index contributed by atoms with van der Waals surface area (Å²) in [6.45, 7) is 7.92. The Labute approximate surface area is 137 Å². The normalized spacial score (nSPS) is 10.3. The highest BCUT2D eigenvalue weighted by Gasteiger charge is 2.10. The van der Waals surface area contributed by atoms with Crippen molar-refractivity contribution in [2.24, 2.45) is 0 Å². The summed E-state index contributed by atoms with van der Waals surface area (Å²) in [5, 5.41) is 3.30. The van der Waals surface area contributed by atoms with Crippen molar-refractivity contribution in [1.82, 2.24) is 9.97 Å². The molecule has 124 valence electrons. The van der Waals surface area contributed by atoms with Crippen LogP contribution in [-0.4, -0.2) is 37.3 Å². The largest absolute Gasteiger partial charge is 0.497 e. The van der Waals surface area contributed by atoms with Crippen LogP contribution in [0.15, 0.2) is 24.3 Å². The first-order valence-electron chi connectivity index (χ1n) is 7.70. The van der Waals surface area contributed by atoms with Crippen molar-refractivity contribution in [1.29, 1.82) is 0 Å². The molecule has 0 saturated carbocycles. The molecule has 2 aromatic rings. The van der Waals surface area contributed by atoms with Crippen LogP contribution in [0, 0.1) is 6.92 Å². The van der Waals surface area contributed by atoms with Crippen LogP contribution in [0.2, 0.25) is 0 Å². The topological polar surface area (TPSA) is 59.5 Å². The number of aromatic nitrogens is 2. The van der Waals surface area contributed by atoms with Crippen molar-refractivity contribution in [3.05, 3.63) is 30.1 Å². The Balaban J connectivity index is 2.33. The molecule has 23 heavy (non-hydrogen) atoms. The molecule has 6 nitrogen and oxygen atoms in total. The Hall–Kier alpha value is -2.50. The average molecular weight is 316 g/mol. The number of ether oxygens (including phenoxy) is 2. The molecule has 0 aliphatic carbocycles. The van der Waals surface area contributed by atoms with Gasteiger partial charge in [0.1, 0.15) is 29.0 Å². The monoisotopic (exact) mass is 316 g/mol. The third-order valence-corrected chi connectivity index (χ3v) is 3.58. The number of rotatable bonds is 7. The first kappa shape index (κ1) is 16.9. The number of aryl methyl sites for hydroxylation is 1. The molecule has 0 aliphatic rings. The maximum atomic E-state index is 5.41. The van der Waals surface area contributed by atoms with Gasteiger partial charge in [-0.1, -0.05) is 0 Å². The summed E-state index contributed by atoms with van der Waals surface area (Å²) >= 11 is 0.